The van der Waals surface area contributed by atoms with Gasteiger partial charge in [0.05, 0.1) is 19.8 Å². The molecule has 17 heavy (non-hydrogen) atoms. The number of methoxy groups -OCH3 is 1. The van der Waals surface area contributed by atoms with Crippen LogP contribution in [-0.2, 0) is 9.47 Å². The van der Waals surface area contributed by atoms with Crippen LogP contribution in [0.25, 0.3) is 0 Å². The number of aliphatic hydroxyl groups is 1. The maximum atomic E-state index is 13.7. The molecule has 1 N–H and O–H groups in total. The molecule has 0 heterocycles. The van der Waals surface area contributed by atoms with Gasteiger partial charge in [-0.3, -0.25) is 0 Å². The Kier molecular flexibility index (Phi) is 5.55. The van der Waals surface area contributed by atoms with E-state index in [-0.39, 0.29) is 12.4 Å². The molecule has 0 aliphatic rings. The van der Waals surface area contributed by atoms with E-state index in [4.69, 9.17) is 9.47 Å². The van der Waals surface area contributed by atoms with Gasteiger partial charge in [-0.25, -0.2) is 4.39 Å². The van der Waals surface area contributed by atoms with Crippen LogP contribution in [-0.4, -0.2) is 32.0 Å². The van der Waals surface area contributed by atoms with Crippen LogP contribution < -0.4 is 0 Å². The maximum Gasteiger partial charge on any atom is 0.129 e. The zero-order valence-corrected chi connectivity index (χ0v) is 10.5. The zero-order chi connectivity index (χ0) is 12.8. The zero-order valence-electron chi connectivity index (χ0n) is 10.5. The predicted octanol–water partition coefficient (Wildman–Crippen LogP) is 2.14. The molecule has 0 amide bonds. The molecule has 4 heteroatoms. The summed E-state index contributed by atoms with van der Waals surface area (Å²) in [6.07, 6.45) is -0.938. The topological polar surface area (TPSA) is 38.7 Å². The summed E-state index contributed by atoms with van der Waals surface area (Å²) < 4.78 is 23.7. The lowest BCUT2D eigenvalue weighted by Crippen LogP contribution is -2.13. The van der Waals surface area contributed by atoms with Crippen molar-refractivity contribution in [2.45, 2.75) is 20.0 Å². The van der Waals surface area contributed by atoms with Crippen molar-refractivity contribution in [3.05, 3.63) is 34.6 Å². The molecule has 3 nitrogen and oxygen atoms in total. The molecular weight excluding hydrogens is 223 g/mol. The molecule has 1 rings (SSSR count). The fourth-order valence-corrected chi connectivity index (χ4v) is 1.77. The molecule has 96 valence electrons. The number of aryl methyl sites for hydroxylation is 2. The Morgan fingerprint density at radius 1 is 1.29 bits per heavy atom. The highest BCUT2D eigenvalue weighted by Gasteiger charge is 2.16. The second kappa shape index (κ2) is 6.69. The van der Waals surface area contributed by atoms with Crippen LogP contribution in [0.5, 0.6) is 0 Å². The Labute approximate surface area is 101 Å². The summed E-state index contributed by atoms with van der Waals surface area (Å²) in [4.78, 5) is 0. The van der Waals surface area contributed by atoms with Crippen molar-refractivity contribution in [3.8, 4) is 0 Å². The van der Waals surface area contributed by atoms with Crippen molar-refractivity contribution in [2.75, 3.05) is 26.9 Å². The number of benzene rings is 1. The predicted molar refractivity (Wildman–Crippen MR) is 63.5 cm³/mol. The normalized spacial score (nSPS) is 12.8. The van der Waals surface area contributed by atoms with E-state index in [0.29, 0.717) is 18.8 Å². The number of halogens is 1. The van der Waals surface area contributed by atoms with Gasteiger partial charge in [-0.05, 0) is 31.0 Å². The van der Waals surface area contributed by atoms with E-state index in [2.05, 4.69) is 0 Å². The summed E-state index contributed by atoms with van der Waals surface area (Å²) in [6.45, 7) is 4.53. The Hall–Kier alpha value is -0.970. The van der Waals surface area contributed by atoms with Crippen LogP contribution in [0.3, 0.4) is 0 Å². The number of hydrogen-bond acceptors (Lipinski definition) is 3. The van der Waals surface area contributed by atoms with Gasteiger partial charge in [-0.1, -0.05) is 6.07 Å². The molecule has 0 saturated carbocycles. The third kappa shape index (κ3) is 4.07. The summed E-state index contributed by atoms with van der Waals surface area (Å²) in [7, 11) is 1.57. The molecule has 0 bridgehead atoms. The quantitative estimate of drug-likeness (QED) is 0.777. The van der Waals surface area contributed by atoms with Crippen molar-refractivity contribution in [3.63, 3.8) is 0 Å². The van der Waals surface area contributed by atoms with E-state index < -0.39 is 6.10 Å². The fourth-order valence-electron chi connectivity index (χ4n) is 1.77. The Morgan fingerprint density at radius 2 is 2.00 bits per heavy atom. The van der Waals surface area contributed by atoms with Crippen LogP contribution in [0.15, 0.2) is 12.1 Å². The third-order valence-corrected chi connectivity index (χ3v) is 2.52. The van der Waals surface area contributed by atoms with Gasteiger partial charge in [0.2, 0.25) is 0 Å². The fraction of sp³-hybridized carbons (Fsp3) is 0.538. The molecule has 0 aliphatic carbocycles. The van der Waals surface area contributed by atoms with E-state index in [1.807, 2.05) is 13.0 Å². The van der Waals surface area contributed by atoms with E-state index in [9.17, 15) is 9.50 Å². The Morgan fingerprint density at radius 3 is 2.59 bits per heavy atom. The molecule has 1 aromatic carbocycles. The van der Waals surface area contributed by atoms with Crippen molar-refractivity contribution in [1.29, 1.82) is 0 Å². The number of rotatable bonds is 6. The van der Waals surface area contributed by atoms with Crippen molar-refractivity contribution < 1.29 is 19.0 Å². The van der Waals surface area contributed by atoms with Gasteiger partial charge in [-0.15, -0.1) is 0 Å². The maximum absolute atomic E-state index is 13.7. The molecule has 0 aromatic heterocycles. The minimum Gasteiger partial charge on any atom is -0.386 e. The van der Waals surface area contributed by atoms with Gasteiger partial charge < -0.3 is 14.6 Å². The van der Waals surface area contributed by atoms with E-state index >= 15 is 0 Å². The van der Waals surface area contributed by atoms with Gasteiger partial charge in [-0.2, -0.15) is 0 Å². The van der Waals surface area contributed by atoms with Gasteiger partial charge in [0.1, 0.15) is 11.9 Å². The van der Waals surface area contributed by atoms with E-state index in [1.54, 1.807) is 14.0 Å². The highest BCUT2D eigenvalue weighted by Crippen LogP contribution is 2.23. The van der Waals surface area contributed by atoms with Gasteiger partial charge in [0, 0.05) is 12.7 Å². The first kappa shape index (κ1) is 14.1. The van der Waals surface area contributed by atoms with Gasteiger partial charge in [0.15, 0.2) is 0 Å². The minimum absolute atomic E-state index is 0.0736. The Balaban J connectivity index is 2.65. The Bertz CT molecular complexity index is 343. The second-order valence-corrected chi connectivity index (χ2v) is 4.06. The highest BCUT2D eigenvalue weighted by atomic mass is 19.1. The summed E-state index contributed by atoms with van der Waals surface area (Å²) in [5, 5.41) is 9.87. The molecule has 1 aromatic rings. The standard InChI is InChI=1S/C13H19FO3/c1-9-6-10(2)13(11(14)7-9)12(15)8-17-5-4-16-3/h6-7,12,15H,4-5,8H2,1-3H3. The average molecular weight is 242 g/mol. The largest absolute Gasteiger partial charge is 0.386 e. The third-order valence-electron chi connectivity index (χ3n) is 2.52. The highest BCUT2D eigenvalue weighted by molar-refractivity contribution is 5.33. The van der Waals surface area contributed by atoms with Crippen LogP contribution in [0.2, 0.25) is 0 Å². The second-order valence-electron chi connectivity index (χ2n) is 4.06. The van der Waals surface area contributed by atoms with Crippen LogP contribution in [0, 0.1) is 19.7 Å². The van der Waals surface area contributed by atoms with Crippen LogP contribution in [0.1, 0.15) is 22.8 Å². The molecular formula is C13H19FO3. The smallest absolute Gasteiger partial charge is 0.129 e. The number of ether oxygens (including phenoxy) is 2. The molecule has 0 aliphatic heterocycles. The SMILES string of the molecule is COCCOCC(O)c1c(C)cc(C)cc1F. The van der Waals surface area contributed by atoms with Crippen molar-refractivity contribution in [1.82, 2.24) is 0 Å². The van der Waals surface area contributed by atoms with Gasteiger partial charge >= 0.3 is 0 Å². The molecule has 1 unspecified atom stereocenters. The monoisotopic (exact) mass is 242 g/mol. The lowest BCUT2D eigenvalue weighted by Gasteiger charge is -2.15. The minimum atomic E-state index is -0.938. The first-order valence-corrected chi connectivity index (χ1v) is 5.57. The van der Waals surface area contributed by atoms with Crippen LogP contribution >= 0.6 is 0 Å². The van der Waals surface area contributed by atoms with Crippen molar-refractivity contribution >= 4 is 0 Å². The summed E-state index contributed by atoms with van der Waals surface area (Å²) in [5.41, 5.74) is 1.90. The summed E-state index contributed by atoms with van der Waals surface area (Å²) in [5.74, 6) is -0.384. The summed E-state index contributed by atoms with van der Waals surface area (Å²) in [6, 6.07) is 3.26. The van der Waals surface area contributed by atoms with Crippen LogP contribution in [0.4, 0.5) is 4.39 Å². The molecule has 0 saturated heterocycles. The lowest BCUT2D eigenvalue weighted by molar-refractivity contribution is 0.0111. The molecule has 0 radical (unpaired) electrons. The first-order valence-electron chi connectivity index (χ1n) is 5.57. The van der Waals surface area contributed by atoms with E-state index in [1.165, 1.54) is 6.07 Å². The first-order chi connectivity index (χ1) is 8.06. The van der Waals surface area contributed by atoms with Crippen molar-refractivity contribution in [2.24, 2.45) is 0 Å². The number of aliphatic hydroxyl groups excluding tert-OH is 1. The number of hydrogen-bond donors (Lipinski definition) is 1. The van der Waals surface area contributed by atoms with E-state index in [0.717, 1.165) is 11.1 Å². The molecule has 0 fully saturated rings. The average Bonchev–Trinajstić information content (AvgIpc) is 2.23. The molecule has 0 spiro atoms. The van der Waals surface area contributed by atoms with Gasteiger partial charge in [0.25, 0.3) is 0 Å². The summed E-state index contributed by atoms with van der Waals surface area (Å²) >= 11 is 0. The lowest BCUT2D eigenvalue weighted by atomic mass is 10.0. The molecule has 1 atom stereocenters.